The molecule has 0 radical (unpaired) electrons. The van der Waals surface area contributed by atoms with E-state index < -0.39 is 0 Å². The van der Waals surface area contributed by atoms with Crippen molar-refractivity contribution in [3.05, 3.63) is 94.9 Å². The highest BCUT2D eigenvalue weighted by Crippen LogP contribution is 2.36. The normalized spacial score (nSPS) is 16.0. The van der Waals surface area contributed by atoms with Gasteiger partial charge >= 0.3 is 0 Å². The molecule has 5 nitrogen and oxygen atoms in total. The third-order valence-electron chi connectivity index (χ3n) is 6.63. The summed E-state index contributed by atoms with van der Waals surface area (Å²) in [7, 11) is 1.83. The topological polar surface area (TPSA) is 34.7 Å². The Kier molecular flexibility index (Phi) is 7.04. The SMILES string of the molecule is [C-]#[N+]c1ccc(Cn2cncc2CN2CCC(COC)(Cc3cccc(C)c3)CC2)cc1. The Bertz CT molecular complexity index is 1060. The first-order valence-electron chi connectivity index (χ1n) is 11.3. The van der Waals surface area contributed by atoms with Gasteiger partial charge in [0, 0.05) is 31.8 Å². The maximum absolute atomic E-state index is 7.11. The predicted octanol–water partition coefficient (Wildman–Crippen LogP) is 5.26. The largest absolute Gasteiger partial charge is 0.384 e. The van der Waals surface area contributed by atoms with Gasteiger partial charge in [-0.15, -0.1) is 0 Å². The number of ether oxygens (including phenoxy) is 1. The molecular weight excluding hydrogens is 396 g/mol. The molecule has 4 rings (SSSR count). The third kappa shape index (κ3) is 5.45. The Balaban J connectivity index is 1.38. The number of benzene rings is 2. The van der Waals surface area contributed by atoms with Crippen molar-refractivity contribution in [3.8, 4) is 0 Å². The Morgan fingerprint density at radius 3 is 2.53 bits per heavy atom. The van der Waals surface area contributed by atoms with E-state index in [0.29, 0.717) is 5.69 Å². The molecule has 32 heavy (non-hydrogen) atoms. The third-order valence-corrected chi connectivity index (χ3v) is 6.63. The van der Waals surface area contributed by atoms with Gasteiger partial charge in [0.05, 0.1) is 25.2 Å². The number of aryl methyl sites for hydroxylation is 1. The van der Waals surface area contributed by atoms with Crippen molar-refractivity contribution >= 4 is 5.69 Å². The molecule has 0 amide bonds. The molecule has 3 aromatic rings. The van der Waals surface area contributed by atoms with Crippen LogP contribution in [0, 0.1) is 18.9 Å². The number of likely N-dealkylation sites (tertiary alicyclic amines) is 1. The van der Waals surface area contributed by atoms with Gasteiger partial charge in [-0.3, -0.25) is 4.90 Å². The summed E-state index contributed by atoms with van der Waals surface area (Å²) < 4.78 is 7.90. The fraction of sp³-hybridized carbons (Fsp3) is 0.407. The van der Waals surface area contributed by atoms with Crippen molar-refractivity contribution in [1.82, 2.24) is 14.5 Å². The van der Waals surface area contributed by atoms with E-state index in [0.717, 1.165) is 52.0 Å². The average Bonchev–Trinajstić information content (AvgIpc) is 3.22. The summed E-state index contributed by atoms with van der Waals surface area (Å²) in [6.45, 7) is 13.9. The lowest BCUT2D eigenvalue weighted by molar-refractivity contribution is 0.0189. The average molecular weight is 429 g/mol. The van der Waals surface area contributed by atoms with Crippen LogP contribution in [0.5, 0.6) is 0 Å². The minimum atomic E-state index is 0.212. The molecule has 0 unspecified atom stereocenters. The van der Waals surface area contributed by atoms with Gasteiger partial charge in [-0.05, 0) is 50.4 Å². The fourth-order valence-corrected chi connectivity index (χ4v) is 4.84. The van der Waals surface area contributed by atoms with E-state index in [1.165, 1.54) is 22.4 Å². The van der Waals surface area contributed by atoms with Gasteiger partial charge in [0.25, 0.3) is 0 Å². The van der Waals surface area contributed by atoms with E-state index in [1.807, 2.05) is 43.9 Å². The van der Waals surface area contributed by atoms with Crippen LogP contribution in [0.3, 0.4) is 0 Å². The minimum Gasteiger partial charge on any atom is -0.384 e. The predicted molar refractivity (Wildman–Crippen MR) is 128 cm³/mol. The number of methoxy groups -OCH3 is 1. The lowest BCUT2D eigenvalue weighted by Crippen LogP contribution is -2.43. The van der Waals surface area contributed by atoms with Crippen LogP contribution in [-0.4, -0.2) is 41.3 Å². The van der Waals surface area contributed by atoms with Gasteiger partial charge in [0.2, 0.25) is 0 Å². The van der Waals surface area contributed by atoms with Crippen molar-refractivity contribution in [2.24, 2.45) is 5.41 Å². The van der Waals surface area contributed by atoms with Crippen molar-refractivity contribution in [2.45, 2.75) is 39.3 Å². The van der Waals surface area contributed by atoms with Gasteiger partial charge in [0.1, 0.15) is 0 Å². The molecule has 1 aliphatic heterocycles. The van der Waals surface area contributed by atoms with Crippen LogP contribution in [0.4, 0.5) is 5.69 Å². The molecule has 1 aromatic heterocycles. The molecular formula is C27H32N4O. The second-order valence-electron chi connectivity index (χ2n) is 9.17. The van der Waals surface area contributed by atoms with E-state index in [-0.39, 0.29) is 5.41 Å². The molecule has 0 saturated carbocycles. The van der Waals surface area contributed by atoms with Gasteiger partial charge in [0.15, 0.2) is 5.69 Å². The van der Waals surface area contributed by atoms with Crippen LogP contribution in [0.25, 0.3) is 4.85 Å². The number of hydrogen-bond donors (Lipinski definition) is 0. The number of hydrogen-bond acceptors (Lipinski definition) is 3. The van der Waals surface area contributed by atoms with Crippen molar-refractivity contribution in [1.29, 1.82) is 0 Å². The van der Waals surface area contributed by atoms with E-state index in [2.05, 4.69) is 50.5 Å². The second kappa shape index (κ2) is 10.1. The summed E-state index contributed by atoms with van der Waals surface area (Å²) >= 11 is 0. The number of piperidine rings is 1. The number of imidazole rings is 1. The lowest BCUT2D eigenvalue weighted by atomic mass is 9.74. The number of rotatable bonds is 8. The Morgan fingerprint density at radius 1 is 1.06 bits per heavy atom. The maximum Gasteiger partial charge on any atom is 0.187 e. The van der Waals surface area contributed by atoms with Crippen LogP contribution in [-0.2, 0) is 24.2 Å². The molecule has 2 heterocycles. The Morgan fingerprint density at radius 2 is 1.84 bits per heavy atom. The van der Waals surface area contributed by atoms with Crippen LogP contribution in [0.1, 0.15) is 35.2 Å². The lowest BCUT2D eigenvalue weighted by Gasteiger charge is -2.41. The molecule has 0 aliphatic carbocycles. The zero-order valence-corrected chi connectivity index (χ0v) is 19.1. The van der Waals surface area contributed by atoms with Gasteiger partial charge in [-0.25, -0.2) is 9.83 Å². The van der Waals surface area contributed by atoms with Gasteiger partial charge in [-0.1, -0.05) is 54.1 Å². The van der Waals surface area contributed by atoms with E-state index in [1.54, 1.807) is 0 Å². The number of aromatic nitrogens is 2. The quantitative estimate of drug-likeness (QED) is 0.459. The van der Waals surface area contributed by atoms with Crippen LogP contribution in [0.15, 0.2) is 61.1 Å². The summed E-state index contributed by atoms with van der Waals surface area (Å²) in [5.74, 6) is 0. The first-order valence-corrected chi connectivity index (χ1v) is 11.3. The van der Waals surface area contributed by atoms with Crippen molar-refractivity contribution in [2.75, 3.05) is 26.8 Å². The molecule has 0 spiro atoms. The van der Waals surface area contributed by atoms with Crippen LogP contribution < -0.4 is 0 Å². The first kappa shape index (κ1) is 22.3. The highest BCUT2D eigenvalue weighted by atomic mass is 16.5. The zero-order valence-electron chi connectivity index (χ0n) is 19.1. The first-order chi connectivity index (χ1) is 15.6. The summed E-state index contributed by atoms with van der Waals surface area (Å²) in [5.41, 5.74) is 6.05. The zero-order chi connectivity index (χ0) is 22.4. The molecule has 1 saturated heterocycles. The van der Waals surface area contributed by atoms with Crippen molar-refractivity contribution in [3.63, 3.8) is 0 Å². The van der Waals surface area contributed by atoms with Crippen molar-refractivity contribution < 1.29 is 4.74 Å². The fourth-order valence-electron chi connectivity index (χ4n) is 4.84. The number of nitrogens with zero attached hydrogens (tertiary/aromatic N) is 4. The molecule has 2 aromatic carbocycles. The molecule has 0 atom stereocenters. The summed E-state index contributed by atoms with van der Waals surface area (Å²) in [6, 6.07) is 16.7. The molecule has 1 aliphatic rings. The smallest absolute Gasteiger partial charge is 0.187 e. The summed E-state index contributed by atoms with van der Waals surface area (Å²) in [5, 5.41) is 0. The molecule has 1 fully saturated rings. The Hall–Kier alpha value is -2.94. The van der Waals surface area contributed by atoms with Crippen LogP contribution in [0.2, 0.25) is 0 Å². The van der Waals surface area contributed by atoms with E-state index in [9.17, 15) is 0 Å². The Labute approximate surface area is 191 Å². The molecule has 166 valence electrons. The van der Waals surface area contributed by atoms with E-state index >= 15 is 0 Å². The highest BCUT2D eigenvalue weighted by molar-refractivity contribution is 5.45. The monoisotopic (exact) mass is 428 g/mol. The molecule has 0 bridgehead atoms. The van der Waals surface area contributed by atoms with Crippen LogP contribution >= 0.6 is 0 Å². The molecule has 0 N–H and O–H groups in total. The minimum absolute atomic E-state index is 0.212. The molecule has 5 heteroatoms. The van der Waals surface area contributed by atoms with E-state index in [4.69, 9.17) is 11.3 Å². The standard InChI is InChI=1S/C27H32N4O/c1-22-5-4-6-24(15-22)16-27(20-32-3)11-13-30(14-12-27)19-26-17-29-21-31(26)18-23-7-9-25(28-2)10-8-23/h4-10,15,17,21H,11-14,16,18-20H2,1,3H3. The van der Waals surface area contributed by atoms with Gasteiger partial charge < -0.3 is 9.30 Å². The summed E-state index contributed by atoms with van der Waals surface area (Å²) in [4.78, 5) is 10.4. The van der Waals surface area contributed by atoms with Gasteiger partial charge in [-0.2, -0.15) is 0 Å². The second-order valence-corrected chi connectivity index (χ2v) is 9.17. The summed E-state index contributed by atoms with van der Waals surface area (Å²) in [6.07, 6.45) is 7.25. The highest BCUT2D eigenvalue weighted by Gasteiger charge is 2.35. The maximum atomic E-state index is 7.11.